The molecule has 4 rings (SSSR count). The van der Waals surface area contributed by atoms with Crippen LogP contribution in [-0.2, 0) is 26.0 Å². The smallest absolute Gasteiger partial charge is 0.243 e. The zero-order valence-corrected chi connectivity index (χ0v) is 20.0. The number of sulfonamides is 1. The third kappa shape index (κ3) is 5.12. The van der Waals surface area contributed by atoms with Gasteiger partial charge >= 0.3 is 0 Å². The van der Waals surface area contributed by atoms with Gasteiger partial charge in [0, 0.05) is 32.2 Å². The number of hydrogen-bond acceptors (Lipinski definition) is 4. The van der Waals surface area contributed by atoms with Crippen LogP contribution < -0.4 is 10.2 Å². The Morgan fingerprint density at radius 1 is 1.00 bits per heavy atom. The van der Waals surface area contributed by atoms with E-state index >= 15 is 0 Å². The van der Waals surface area contributed by atoms with Gasteiger partial charge in [-0.05, 0) is 55.5 Å². The maximum absolute atomic E-state index is 13.2. The highest BCUT2D eigenvalue weighted by Crippen LogP contribution is 2.33. The molecule has 1 unspecified atom stereocenters. The zero-order valence-electron chi connectivity index (χ0n) is 19.2. The summed E-state index contributed by atoms with van der Waals surface area (Å²) in [4.78, 5) is 27.0. The fraction of sp³-hybridized carbons (Fsp3) is 0.440. The number of fused-ring (bicyclic) bond motifs is 1. The Kier molecular flexibility index (Phi) is 6.86. The summed E-state index contributed by atoms with van der Waals surface area (Å²) in [5, 5.41) is 2.89. The van der Waals surface area contributed by atoms with Crippen LogP contribution in [0.1, 0.15) is 55.3 Å². The fourth-order valence-corrected chi connectivity index (χ4v) is 6.20. The molecule has 2 aromatic rings. The van der Waals surface area contributed by atoms with Crippen LogP contribution in [-0.4, -0.2) is 44.2 Å². The number of aryl methyl sites for hydroxylation is 1. The van der Waals surface area contributed by atoms with E-state index in [4.69, 9.17) is 0 Å². The Morgan fingerprint density at radius 3 is 2.36 bits per heavy atom. The average Bonchev–Trinajstić information content (AvgIpc) is 3.23. The van der Waals surface area contributed by atoms with Gasteiger partial charge in [-0.15, -0.1) is 0 Å². The Hall–Kier alpha value is -2.71. The first-order valence-electron chi connectivity index (χ1n) is 11.5. The van der Waals surface area contributed by atoms with Gasteiger partial charge in [0.1, 0.15) is 0 Å². The number of anilines is 1. The number of carbonyl (C=O) groups is 2. The zero-order chi connectivity index (χ0) is 23.6. The lowest BCUT2D eigenvalue weighted by atomic mass is 10.0. The Morgan fingerprint density at radius 2 is 1.70 bits per heavy atom. The Bertz CT molecular complexity index is 1140. The molecule has 7 nitrogen and oxygen atoms in total. The normalized spacial score (nSPS) is 17.5. The molecule has 1 atom stereocenters. The Balaban J connectivity index is 1.52. The lowest BCUT2D eigenvalue weighted by molar-refractivity contribution is -0.121. The van der Waals surface area contributed by atoms with E-state index in [1.54, 1.807) is 27.4 Å². The minimum atomic E-state index is -3.51. The Labute approximate surface area is 195 Å². The first-order valence-corrected chi connectivity index (χ1v) is 13.0. The molecule has 2 amide bonds. The van der Waals surface area contributed by atoms with Crippen molar-refractivity contribution in [2.75, 3.05) is 24.5 Å². The molecular formula is C25H31N3O4S. The quantitative estimate of drug-likeness (QED) is 0.703. The molecule has 0 saturated carbocycles. The van der Waals surface area contributed by atoms with Crippen molar-refractivity contribution in [2.45, 2.75) is 56.9 Å². The largest absolute Gasteiger partial charge is 0.349 e. The molecule has 0 bridgehead atoms. The maximum Gasteiger partial charge on any atom is 0.243 e. The minimum Gasteiger partial charge on any atom is -0.349 e. The average molecular weight is 470 g/mol. The van der Waals surface area contributed by atoms with Gasteiger partial charge in [0.05, 0.1) is 17.4 Å². The second-order valence-corrected chi connectivity index (χ2v) is 10.9. The molecule has 1 N–H and O–H groups in total. The van der Waals surface area contributed by atoms with Crippen LogP contribution in [0.5, 0.6) is 0 Å². The summed E-state index contributed by atoms with van der Waals surface area (Å²) < 4.78 is 27.6. The molecule has 0 aromatic heterocycles. The minimum absolute atomic E-state index is 0.0975. The first kappa shape index (κ1) is 23.4. The predicted octanol–water partition coefficient (Wildman–Crippen LogP) is 3.33. The van der Waals surface area contributed by atoms with Crippen molar-refractivity contribution in [1.82, 2.24) is 9.62 Å². The second-order valence-electron chi connectivity index (χ2n) is 8.92. The van der Waals surface area contributed by atoms with Crippen LogP contribution in [0.4, 0.5) is 5.69 Å². The van der Waals surface area contributed by atoms with Crippen molar-refractivity contribution in [3.05, 3.63) is 59.2 Å². The highest BCUT2D eigenvalue weighted by atomic mass is 32.2. The van der Waals surface area contributed by atoms with Crippen LogP contribution in [0.25, 0.3) is 0 Å². The topological polar surface area (TPSA) is 86.8 Å². The number of amides is 2. The highest BCUT2D eigenvalue weighted by molar-refractivity contribution is 7.89. The standard InChI is InChI=1S/C25H31N3O4S/c1-18-6-8-20(9-7-18)23(26-19(2)29)17-25(30)28-15-12-21-16-22(10-11-24(21)28)33(31,32)27-13-4-3-5-14-27/h6-11,16,23H,3-5,12-15,17H2,1-2H3,(H,26,29). The fourth-order valence-electron chi connectivity index (χ4n) is 4.63. The number of hydrogen-bond donors (Lipinski definition) is 1. The number of piperidine rings is 1. The van der Waals surface area contributed by atoms with Gasteiger partial charge in [-0.2, -0.15) is 4.31 Å². The van der Waals surface area contributed by atoms with Gasteiger partial charge in [-0.1, -0.05) is 36.2 Å². The van der Waals surface area contributed by atoms with Crippen LogP contribution >= 0.6 is 0 Å². The van der Waals surface area contributed by atoms with E-state index in [0.717, 1.165) is 41.6 Å². The molecule has 1 fully saturated rings. The molecular weight excluding hydrogens is 438 g/mol. The van der Waals surface area contributed by atoms with Gasteiger partial charge in [0.2, 0.25) is 21.8 Å². The SMILES string of the molecule is CC(=O)NC(CC(=O)N1CCc2cc(S(=O)(=O)N3CCCCC3)ccc21)c1ccc(C)cc1. The van der Waals surface area contributed by atoms with Gasteiger partial charge in [-0.25, -0.2) is 8.42 Å². The summed E-state index contributed by atoms with van der Waals surface area (Å²) >= 11 is 0. The molecule has 2 heterocycles. The van der Waals surface area contributed by atoms with Gasteiger partial charge in [0.25, 0.3) is 0 Å². The van der Waals surface area contributed by atoms with Crippen LogP contribution in [0.15, 0.2) is 47.4 Å². The van der Waals surface area contributed by atoms with Crippen LogP contribution in [0.3, 0.4) is 0 Å². The van der Waals surface area contributed by atoms with Gasteiger partial charge in [-0.3, -0.25) is 9.59 Å². The third-order valence-corrected chi connectivity index (χ3v) is 8.33. The predicted molar refractivity (Wildman–Crippen MR) is 127 cm³/mol. The molecule has 1 saturated heterocycles. The molecule has 2 aliphatic heterocycles. The molecule has 0 radical (unpaired) electrons. The van der Waals surface area contributed by atoms with Gasteiger partial charge in [0.15, 0.2) is 0 Å². The molecule has 33 heavy (non-hydrogen) atoms. The summed E-state index contributed by atoms with van der Waals surface area (Å²) in [6.45, 7) is 5.06. The third-order valence-electron chi connectivity index (χ3n) is 6.44. The van der Waals surface area contributed by atoms with E-state index in [1.165, 1.54) is 6.92 Å². The number of nitrogens with zero attached hydrogens (tertiary/aromatic N) is 2. The van der Waals surface area contributed by atoms with E-state index < -0.39 is 16.1 Å². The first-order chi connectivity index (χ1) is 15.8. The molecule has 2 aromatic carbocycles. The summed E-state index contributed by atoms with van der Waals surface area (Å²) in [6.07, 6.45) is 3.59. The van der Waals surface area contributed by atoms with Crippen molar-refractivity contribution in [1.29, 1.82) is 0 Å². The molecule has 0 spiro atoms. The summed E-state index contributed by atoms with van der Waals surface area (Å²) in [7, 11) is -3.51. The van der Waals surface area contributed by atoms with E-state index in [9.17, 15) is 18.0 Å². The van der Waals surface area contributed by atoms with Crippen LogP contribution in [0, 0.1) is 6.92 Å². The number of carbonyl (C=O) groups excluding carboxylic acids is 2. The number of rotatable bonds is 6. The summed E-state index contributed by atoms with van der Waals surface area (Å²) in [5.74, 6) is -0.289. The number of benzene rings is 2. The molecule has 2 aliphatic rings. The second kappa shape index (κ2) is 9.65. The molecule has 0 aliphatic carbocycles. The van der Waals surface area contributed by atoms with Crippen molar-refractivity contribution in [3.8, 4) is 0 Å². The van der Waals surface area contributed by atoms with E-state index in [-0.39, 0.29) is 18.2 Å². The van der Waals surface area contributed by atoms with Gasteiger partial charge < -0.3 is 10.2 Å². The molecule has 176 valence electrons. The van der Waals surface area contributed by atoms with E-state index in [2.05, 4.69) is 5.32 Å². The van der Waals surface area contributed by atoms with Crippen molar-refractivity contribution in [3.63, 3.8) is 0 Å². The number of nitrogens with one attached hydrogen (secondary N) is 1. The maximum atomic E-state index is 13.2. The summed E-state index contributed by atoms with van der Waals surface area (Å²) in [6, 6.07) is 12.4. The molecule has 8 heteroatoms. The lowest BCUT2D eigenvalue weighted by Crippen LogP contribution is -2.35. The van der Waals surface area contributed by atoms with Crippen molar-refractivity contribution < 1.29 is 18.0 Å². The van der Waals surface area contributed by atoms with Crippen molar-refractivity contribution in [2.24, 2.45) is 0 Å². The van der Waals surface area contributed by atoms with Crippen molar-refractivity contribution >= 4 is 27.5 Å². The lowest BCUT2D eigenvalue weighted by Gasteiger charge is -2.26. The highest BCUT2D eigenvalue weighted by Gasteiger charge is 2.31. The van der Waals surface area contributed by atoms with Crippen LogP contribution in [0.2, 0.25) is 0 Å². The monoisotopic (exact) mass is 469 g/mol. The summed E-state index contributed by atoms with van der Waals surface area (Å²) in [5.41, 5.74) is 3.61. The van der Waals surface area contributed by atoms with E-state index in [1.807, 2.05) is 31.2 Å². The van der Waals surface area contributed by atoms with E-state index in [0.29, 0.717) is 31.0 Å².